The number of esters is 3. The molecule has 1 aliphatic carbocycles. The topological polar surface area (TPSA) is 116 Å². The smallest absolute Gasteiger partial charge is 0.343 e. The highest BCUT2D eigenvalue weighted by molar-refractivity contribution is 5.91. The third kappa shape index (κ3) is 10.5. The predicted molar refractivity (Wildman–Crippen MR) is 194 cm³/mol. The molecule has 0 spiro atoms. The van der Waals surface area contributed by atoms with E-state index in [4.69, 9.17) is 33.2 Å². The van der Waals surface area contributed by atoms with E-state index >= 15 is 0 Å². The van der Waals surface area contributed by atoms with Crippen molar-refractivity contribution in [1.29, 1.82) is 0 Å². The summed E-state index contributed by atoms with van der Waals surface area (Å²) in [6.45, 7) is 8.24. The van der Waals surface area contributed by atoms with Gasteiger partial charge in [0, 0.05) is 18.1 Å². The first kappa shape index (κ1) is 42.0. The van der Waals surface area contributed by atoms with Crippen LogP contribution in [0.15, 0.2) is 110 Å². The van der Waals surface area contributed by atoms with Crippen LogP contribution < -0.4 is 23.7 Å². The monoisotopic (exact) mass is 686 g/mol. The summed E-state index contributed by atoms with van der Waals surface area (Å²) in [5.74, 6) is 0.977. The molecule has 0 saturated heterocycles. The highest BCUT2D eigenvalue weighted by atomic mass is 16.7. The maximum Gasteiger partial charge on any atom is 0.343 e. The van der Waals surface area contributed by atoms with Crippen LogP contribution in [0.25, 0.3) is 11.1 Å². The Labute approximate surface area is 294 Å². The Bertz CT molecular complexity index is 1740. The van der Waals surface area contributed by atoms with Gasteiger partial charge in [-0.25, -0.2) is 14.4 Å². The van der Waals surface area contributed by atoms with Crippen molar-refractivity contribution in [3.8, 4) is 39.9 Å². The molecule has 0 aliphatic heterocycles. The number of benzene rings is 4. The number of carbonyl (C=O) groups excluding carboxylic acids is 3. The second-order valence-corrected chi connectivity index (χ2v) is 9.87. The van der Waals surface area contributed by atoms with Crippen molar-refractivity contribution in [3.05, 3.63) is 127 Å². The first-order chi connectivity index (χ1) is 22.3. The molecule has 1 aliphatic rings. The summed E-state index contributed by atoms with van der Waals surface area (Å²) in [7, 11) is 0. The van der Waals surface area contributed by atoms with E-state index in [1.165, 1.54) is 0 Å². The van der Waals surface area contributed by atoms with Gasteiger partial charge in [-0.2, -0.15) is 0 Å². The maximum atomic E-state index is 12.8. The normalized spacial score (nSPS) is 11.5. The van der Waals surface area contributed by atoms with E-state index in [2.05, 4.69) is 20.1 Å². The van der Waals surface area contributed by atoms with Crippen molar-refractivity contribution < 1.29 is 47.5 Å². The quantitative estimate of drug-likeness (QED) is 0.0550. The molecule has 0 N–H and O–H groups in total. The Morgan fingerprint density at radius 2 is 0.940 bits per heavy atom. The molecular formula is C40H46O10. The van der Waals surface area contributed by atoms with Gasteiger partial charge in [-0.05, 0) is 95.1 Å². The van der Waals surface area contributed by atoms with Crippen LogP contribution in [-0.4, -0.2) is 38.3 Å². The Balaban J connectivity index is 0.00000312. The van der Waals surface area contributed by atoms with E-state index in [9.17, 15) is 14.4 Å². The highest BCUT2D eigenvalue weighted by Gasteiger charge is 2.27. The number of rotatable bonds is 14. The average Bonchev–Trinajstić information content (AvgIpc) is 3.35. The zero-order valence-corrected chi connectivity index (χ0v) is 24.9. The zero-order valence-electron chi connectivity index (χ0n) is 24.9. The number of carbonyl (C=O) groups is 3. The van der Waals surface area contributed by atoms with Gasteiger partial charge < -0.3 is 33.2 Å². The molecular weight excluding hydrogens is 640 g/mol. The van der Waals surface area contributed by atoms with Crippen LogP contribution in [0.5, 0.6) is 28.7 Å². The van der Waals surface area contributed by atoms with E-state index in [-0.39, 0.29) is 56.0 Å². The van der Waals surface area contributed by atoms with Crippen molar-refractivity contribution in [2.75, 3.05) is 20.4 Å². The van der Waals surface area contributed by atoms with Gasteiger partial charge in [-0.3, -0.25) is 0 Å². The molecule has 5 rings (SSSR count). The lowest BCUT2D eigenvalue weighted by Crippen LogP contribution is -2.10. The number of ether oxygens (including phenoxy) is 7. The second kappa shape index (κ2) is 19.7. The molecule has 0 radical (unpaired) electrons. The summed E-state index contributed by atoms with van der Waals surface area (Å²) in [5, 5.41) is 0. The van der Waals surface area contributed by atoms with E-state index in [0.29, 0.717) is 34.3 Å². The number of hydrogen-bond donors (Lipinski definition) is 0. The van der Waals surface area contributed by atoms with Crippen LogP contribution in [0.1, 0.15) is 64.0 Å². The van der Waals surface area contributed by atoms with E-state index in [1.807, 2.05) is 30.3 Å². The zero-order chi connectivity index (χ0) is 32.5. The van der Waals surface area contributed by atoms with Gasteiger partial charge in [0.05, 0.1) is 5.56 Å². The molecule has 10 heteroatoms. The SMILES string of the molecule is C.C.C.C.C=CC(=O)OCOc1ccc(OCOc2ccc3c(c2)C(C)c2cc(OC(=O)c4ccc(OCOC(=O)C=C)cc4)ccc2-3)cc1. The minimum atomic E-state index is -0.592. The number of fused-ring (bicyclic) bond motifs is 3. The minimum absolute atomic E-state index is 0. The van der Waals surface area contributed by atoms with Gasteiger partial charge in [0.2, 0.25) is 20.4 Å². The van der Waals surface area contributed by atoms with Gasteiger partial charge in [-0.1, -0.05) is 61.9 Å². The van der Waals surface area contributed by atoms with Crippen LogP contribution in [0, 0.1) is 0 Å². The van der Waals surface area contributed by atoms with Crippen molar-refractivity contribution in [2.24, 2.45) is 0 Å². The molecule has 0 bridgehead atoms. The molecule has 1 atom stereocenters. The molecule has 0 heterocycles. The van der Waals surface area contributed by atoms with Gasteiger partial charge in [0.25, 0.3) is 0 Å². The third-order valence-corrected chi connectivity index (χ3v) is 7.03. The Kier molecular flexibility index (Phi) is 16.6. The van der Waals surface area contributed by atoms with Crippen LogP contribution in [0.2, 0.25) is 0 Å². The second-order valence-electron chi connectivity index (χ2n) is 9.87. The molecule has 1 unspecified atom stereocenters. The lowest BCUT2D eigenvalue weighted by molar-refractivity contribution is -0.145. The standard InChI is InChI=1S/C36H30O10.4CH4/c1-4-34(37)44-21-41-25-8-6-24(7-9-25)36(39)46-29-15-17-31-30-16-14-28(18-32(30)23(3)33(31)19-29)43-20-40-26-10-12-27(13-11-26)42-22-45-35(38)5-2;;;;/h4-19,23H,1-2,20-22H2,3H3;4*1H4. The molecule has 50 heavy (non-hydrogen) atoms. The Hall–Kier alpha value is -6.03. The summed E-state index contributed by atoms with van der Waals surface area (Å²) in [5.41, 5.74) is 4.60. The average molecular weight is 687 g/mol. The van der Waals surface area contributed by atoms with Crippen molar-refractivity contribution >= 4 is 17.9 Å². The van der Waals surface area contributed by atoms with Gasteiger partial charge in [0.15, 0.2) is 0 Å². The molecule has 4 aromatic rings. The number of hydrogen-bond acceptors (Lipinski definition) is 10. The lowest BCUT2D eigenvalue weighted by Gasteiger charge is -2.12. The summed E-state index contributed by atoms with van der Waals surface area (Å²) >= 11 is 0. The van der Waals surface area contributed by atoms with Crippen LogP contribution in [0.4, 0.5) is 0 Å². The van der Waals surface area contributed by atoms with Crippen molar-refractivity contribution in [1.82, 2.24) is 0 Å². The molecule has 0 fully saturated rings. The van der Waals surface area contributed by atoms with Crippen LogP contribution in [0.3, 0.4) is 0 Å². The largest absolute Gasteiger partial charge is 0.457 e. The Morgan fingerprint density at radius 1 is 0.560 bits per heavy atom. The summed E-state index contributed by atoms with van der Waals surface area (Å²) in [6, 6.07) is 24.6. The van der Waals surface area contributed by atoms with Crippen molar-refractivity contribution in [2.45, 2.75) is 42.5 Å². The first-order valence-electron chi connectivity index (χ1n) is 14.1. The summed E-state index contributed by atoms with van der Waals surface area (Å²) < 4.78 is 37.5. The predicted octanol–water partition coefficient (Wildman–Crippen LogP) is 9.13. The molecule has 266 valence electrons. The molecule has 0 amide bonds. The van der Waals surface area contributed by atoms with Gasteiger partial charge in [0.1, 0.15) is 28.7 Å². The highest BCUT2D eigenvalue weighted by Crippen LogP contribution is 2.47. The third-order valence-electron chi connectivity index (χ3n) is 7.03. The summed E-state index contributed by atoms with van der Waals surface area (Å²) in [6.07, 6.45) is 2.11. The summed E-state index contributed by atoms with van der Waals surface area (Å²) in [4.78, 5) is 35.0. The Morgan fingerprint density at radius 3 is 1.42 bits per heavy atom. The van der Waals surface area contributed by atoms with E-state index in [1.54, 1.807) is 54.6 Å². The fraction of sp³-hybridized carbons (Fsp3) is 0.225. The van der Waals surface area contributed by atoms with Gasteiger partial charge >= 0.3 is 17.9 Å². The van der Waals surface area contributed by atoms with Crippen molar-refractivity contribution in [3.63, 3.8) is 0 Å². The van der Waals surface area contributed by atoms with Crippen LogP contribution in [-0.2, 0) is 19.1 Å². The molecule has 0 saturated carbocycles. The van der Waals surface area contributed by atoms with E-state index < -0.39 is 17.9 Å². The molecule has 0 aromatic heterocycles. The molecule has 4 aromatic carbocycles. The van der Waals surface area contributed by atoms with Crippen LogP contribution >= 0.6 is 0 Å². The maximum absolute atomic E-state index is 12.8. The lowest BCUT2D eigenvalue weighted by atomic mass is 9.99. The fourth-order valence-corrected chi connectivity index (χ4v) is 4.69. The fourth-order valence-electron chi connectivity index (χ4n) is 4.69. The first-order valence-corrected chi connectivity index (χ1v) is 14.1. The van der Waals surface area contributed by atoms with E-state index in [0.717, 1.165) is 34.4 Å². The molecule has 10 nitrogen and oxygen atoms in total. The minimum Gasteiger partial charge on any atom is -0.457 e. The van der Waals surface area contributed by atoms with Gasteiger partial charge in [-0.15, -0.1) is 0 Å².